The van der Waals surface area contributed by atoms with Crippen molar-refractivity contribution in [3.63, 3.8) is 0 Å². The van der Waals surface area contributed by atoms with Crippen molar-refractivity contribution in [2.45, 2.75) is 45.2 Å². The highest BCUT2D eigenvalue weighted by molar-refractivity contribution is 5.81. The van der Waals surface area contributed by atoms with Gasteiger partial charge in [-0.25, -0.2) is 4.79 Å². The summed E-state index contributed by atoms with van der Waals surface area (Å²) in [5.41, 5.74) is 1.36. The van der Waals surface area contributed by atoms with Crippen LogP contribution in [0.15, 0.2) is 33.5 Å². The summed E-state index contributed by atoms with van der Waals surface area (Å²) in [5, 5.41) is 3.39. The fraction of sp³-hybridized carbons (Fsp3) is 0.500. The van der Waals surface area contributed by atoms with Crippen molar-refractivity contribution in [1.29, 1.82) is 0 Å². The molecule has 22 heavy (non-hydrogen) atoms. The minimum Gasteiger partial charge on any atom is -0.497 e. The first-order chi connectivity index (χ1) is 10.7. The van der Waals surface area contributed by atoms with Gasteiger partial charge in [-0.15, -0.1) is 0 Å². The summed E-state index contributed by atoms with van der Waals surface area (Å²) in [6.07, 6.45) is 5.26. The van der Waals surface area contributed by atoms with E-state index in [1.165, 1.54) is 25.7 Å². The maximum absolute atomic E-state index is 11.8. The SMILES string of the molecule is COc1ccc2c(C[NH2+][C@@H]3CCCC[C@@H]3C)cc(=O)oc2c1. The maximum atomic E-state index is 11.8. The van der Waals surface area contributed by atoms with Gasteiger partial charge in [-0.05, 0) is 31.4 Å². The van der Waals surface area contributed by atoms with Gasteiger partial charge >= 0.3 is 5.63 Å². The molecule has 1 heterocycles. The molecule has 2 aromatic rings. The molecular formula is C18H24NO3+. The van der Waals surface area contributed by atoms with Gasteiger partial charge in [0.2, 0.25) is 0 Å². The summed E-state index contributed by atoms with van der Waals surface area (Å²) in [6, 6.07) is 7.95. The number of hydrogen-bond donors (Lipinski definition) is 1. The molecular weight excluding hydrogens is 278 g/mol. The van der Waals surface area contributed by atoms with Crippen LogP contribution in [0.25, 0.3) is 11.0 Å². The zero-order valence-electron chi connectivity index (χ0n) is 13.3. The van der Waals surface area contributed by atoms with Gasteiger partial charge in [-0.1, -0.05) is 13.3 Å². The molecule has 118 valence electrons. The van der Waals surface area contributed by atoms with Crippen LogP contribution in [-0.4, -0.2) is 13.2 Å². The molecule has 0 unspecified atom stereocenters. The lowest BCUT2D eigenvalue weighted by atomic mass is 9.86. The third-order valence-electron chi connectivity index (χ3n) is 4.86. The molecule has 0 radical (unpaired) electrons. The molecule has 4 nitrogen and oxygen atoms in total. The van der Waals surface area contributed by atoms with E-state index in [0.717, 1.165) is 23.4 Å². The van der Waals surface area contributed by atoms with Gasteiger partial charge in [0.1, 0.15) is 17.9 Å². The third-order valence-corrected chi connectivity index (χ3v) is 4.86. The van der Waals surface area contributed by atoms with Crippen LogP contribution in [0.2, 0.25) is 0 Å². The first-order valence-electron chi connectivity index (χ1n) is 8.11. The van der Waals surface area contributed by atoms with E-state index in [9.17, 15) is 4.79 Å². The molecule has 0 saturated heterocycles. The predicted octanol–water partition coefficient (Wildman–Crippen LogP) is 2.44. The highest BCUT2D eigenvalue weighted by Crippen LogP contribution is 2.23. The summed E-state index contributed by atoms with van der Waals surface area (Å²) in [4.78, 5) is 11.8. The normalized spacial score (nSPS) is 21.9. The van der Waals surface area contributed by atoms with Gasteiger partial charge in [0, 0.05) is 29.0 Å². The summed E-state index contributed by atoms with van der Waals surface area (Å²) in [5.74, 6) is 1.46. The van der Waals surface area contributed by atoms with Crippen molar-refractivity contribution >= 4 is 11.0 Å². The van der Waals surface area contributed by atoms with Crippen LogP contribution >= 0.6 is 0 Å². The Balaban J connectivity index is 1.85. The Morgan fingerprint density at radius 2 is 2.09 bits per heavy atom. The van der Waals surface area contributed by atoms with E-state index >= 15 is 0 Å². The van der Waals surface area contributed by atoms with Crippen LogP contribution in [0.3, 0.4) is 0 Å². The number of fused-ring (bicyclic) bond motifs is 1. The summed E-state index contributed by atoms with van der Waals surface area (Å²) >= 11 is 0. The number of quaternary nitrogens is 1. The van der Waals surface area contributed by atoms with Crippen LogP contribution in [-0.2, 0) is 6.54 Å². The van der Waals surface area contributed by atoms with Crippen molar-refractivity contribution in [1.82, 2.24) is 0 Å². The van der Waals surface area contributed by atoms with Gasteiger partial charge in [0.25, 0.3) is 0 Å². The average Bonchev–Trinajstić information content (AvgIpc) is 2.53. The molecule has 0 aliphatic heterocycles. The van der Waals surface area contributed by atoms with E-state index in [0.29, 0.717) is 17.4 Å². The first kappa shape index (κ1) is 15.1. The summed E-state index contributed by atoms with van der Waals surface area (Å²) in [6.45, 7) is 3.16. The molecule has 3 rings (SSSR count). The summed E-state index contributed by atoms with van der Waals surface area (Å²) < 4.78 is 10.5. The third kappa shape index (κ3) is 3.17. The monoisotopic (exact) mass is 302 g/mol. The number of rotatable bonds is 4. The minimum absolute atomic E-state index is 0.291. The van der Waals surface area contributed by atoms with E-state index in [1.54, 1.807) is 19.2 Å². The topological polar surface area (TPSA) is 56.0 Å². The molecule has 0 bridgehead atoms. The Labute approximate surface area is 130 Å². The second-order valence-corrected chi connectivity index (χ2v) is 6.32. The van der Waals surface area contributed by atoms with E-state index < -0.39 is 0 Å². The van der Waals surface area contributed by atoms with Crippen LogP contribution in [0.4, 0.5) is 0 Å². The number of ether oxygens (including phenoxy) is 1. The number of hydrogen-bond acceptors (Lipinski definition) is 3. The van der Waals surface area contributed by atoms with Gasteiger partial charge in [0.05, 0.1) is 13.2 Å². The van der Waals surface area contributed by atoms with Crippen molar-refractivity contribution in [2.24, 2.45) is 5.92 Å². The largest absolute Gasteiger partial charge is 0.497 e. The van der Waals surface area contributed by atoms with Crippen LogP contribution in [0, 0.1) is 5.92 Å². The molecule has 1 saturated carbocycles. The highest BCUT2D eigenvalue weighted by atomic mass is 16.5. The van der Waals surface area contributed by atoms with Crippen molar-refractivity contribution in [2.75, 3.05) is 7.11 Å². The Morgan fingerprint density at radius 3 is 2.86 bits per heavy atom. The Hall–Kier alpha value is -1.81. The molecule has 2 N–H and O–H groups in total. The average molecular weight is 302 g/mol. The molecule has 0 amide bonds. The Bertz CT molecular complexity index is 707. The molecule has 0 spiro atoms. The zero-order valence-corrected chi connectivity index (χ0v) is 13.3. The summed E-state index contributed by atoms with van der Waals surface area (Å²) in [7, 11) is 1.61. The zero-order chi connectivity index (χ0) is 15.5. The maximum Gasteiger partial charge on any atom is 0.336 e. The fourth-order valence-electron chi connectivity index (χ4n) is 3.48. The molecule has 1 aromatic heterocycles. The lowest BCUT2D eigenvalue weighted by molar-refractivity contribution is -0.712. The standard InChI is InChI=1S/C18H23NO3/c1-12-5-3-4-6-16(12)19-11-13-9-18(20)22-17-10-14(21-2)7-8-15(13)17/h7-10,12,16,19H,3-6,11H2,1-2H3/p+1/t12-,16+/m0/s1. The van der Waals surface area contributed by atoms with Crippen LogP contribution in [0.1, 0.15) is 38.2 Å². The molecule has 1 aliphatic carbocycles. The highest BCUT2D eigenvalue weighted by Gasteiger charge is 2.24. The van der Waals surface area contributed by atoms with Gasteiger partial charge < -0.3 is 14.5 Å². The first-order valence-corrected chi connectivity index (χ1v) is 8.11. The molecule has 4 heteroatoms. The Morgan fingerprint density at radius 1 is 1.27 bits per heavy atom. The molecule has 1 aliphatic rings. The lowest BCUT2D eigenvalue weighted by Crippen LogP contribution is -2.90. The van der Waals surface area contributed by atoms with E-state index in [4.69, 9.17) is 9.15 Å². The van der Waals surface area contributed by atoms with Gasteiger partial charge in [-0.2, -0.15) is 0 Å². The van der Waals surface area contributed by atoms with Crippen molar-refractivity contribution < 1.29 is 14.5 Å². The molecule has 1 fully saturated rings. The number of methoxy groups -OCH3 is 1. The van der Waals surface area contributed by atoms with E-state index in [2.05, 4.69) is 12.2 Å². The Kier molecular flexibility index (Phi) is 4.48. The fourth-order valence-corrected chi connectivity index (χ4v) is 3.48. The van der Waals surface area contributed by atoms with Crippen LogP contribution < -0.4 is 15.7 Å². The quantitative estimate of drug-likeness (QED) is 0.883. The second-order valence-electron chi connectivity index (χ2n) is 6.32. The van der Waals surface area contributed by atoms with Crippen LogP contribution in [0.5, 0.6) is 5.75 Å². The molecule has 2 atom stereocenters. The van der Waals surface area contributed by atoms with Crippen molar-refractivity contribution in [3.05, 3.63) is 40.2 Å². The minimum atomic E-state index is -0.291. The number of benzene rings is 1. The van der Waals surface area contributed by atoms with E-state index in [1.807, 2.05) is 12.1 Å². The predicted molar refractivity (Wildman–Crippen MR) is 86.1 cm³/mol. The second kappa shape index (κ2) is 6.53. The smallest absolute Gasteiger partial charge is 0.336 e. The molecule has 1 aromatic carbocycles. The van der Waals surface area contributed by atoms with Gasteiger partial charge in [-0.3, -0.25) is 0 Å². The number of nitrogens with two attached hydrogens (primary N) is 1. The van der Waals surface area contributed by atoms with Crippen molar-refractivity contribution in [3.8, 4) is 5.75 Å². The van der Waals surface area contributed by atoms with E-state index in [-0.39, 0.29) is 5.63 Å². The van der Waals surface area contributed by atoms with Gasteiger partial charge in [0.15, 0.2) is 0 Å². The lowest BCUT2D eigenvalue weighted by Gasteiger charge is -2.26.